The van der Waals surface area contributed by atoms with Gasteiger partial charge >= 0.3 is 0 Å². The smallest absolute Gasteiger partial charge is 0.0619 e. The summed E-state index contributed by atoms with van der Waals surface area (Å²) in [4.78, 5) is 0. The fraction of sp³-hybridized carbons (Fsp3) is 1.00. The Bertz CT molecular complexity index is 111. The van der Waals surface area contributed by atoms with Gasteiger partial charge in [0, 0.05) is 5.38 Å². The molecule has 1 aliphatic carbocycles. The van der Waals surface area contributed by atoms with Crippen LogP contribution < -0.4 is 0 Å². The summed E-state index contributed by atoms with van der Waals surface area (Å²) < 4.78 is 0. The van der Waals surface area contributed by atoms with Crippen molar-refractivity contribution in [3.05, 3.63) is 0 Å². The minimum Gasteiger partial charge on any atom is -0.390 e. The largest absolute Gasteiger partial charge is 0.390 e. The summed E-state index contributed by atoms with van der Waals surface area (Å²) in [6, 6.07) is 0. The highest BCUT2D eigenvalue weighted by molar-refractivity contribution is 6.20. The Morgan fingerprint density at radius 1 is 1.27 bits per heavy atom. The quantitative estimate of drug-likeness (QED) is 0.563. The Hall–Kier alpha value is 0.250. The first-order chi connectivity index (χ1) is 5.10. The lowest BCUT2D eigenvalue weighted by atomic mass is 9.89. The van der Waals surface area contributed by atoms with Crippen molar-refractivity contribution in [2.75, 3.05) is 0 Å². The van der Waals surface area contributed by atoms with Crippen LogP contribution in [-0.4, -0.2) is 16.1 Å². The third kappa shape index (κ3) is 3.44. The van der Waals surface area contributed by atoms with Crippen LogP contribution in [-0.2, 0) is 0 Å². The number of halogens is 1. The van der Waals surface area contributed by atoms with Crippen LogP contribution >= 0.6 is 11.6 Å². The van der Waals surface area contributed by atoms with Gasteiger partial charge in [-0.1, -0.05) is 0 Å². The Morgan fingerprint density at radius 2 is 1.73 bits per heavy atom. The zero-order valence-electron chi connectivity index (χ0n) is 7.15. The number of hydrogen-bond acceptors (Lipinski definition) is 1. The standard InChI is InChI=1S/C9H17ClO/c1-9(11)6-2-4-8(10)5-3-7-9/h8,11H,2-7H2,1H3. The van der Waals surface area contributed by atoms with E-state index in [-0.39, 0.29) is 0 Å². The minimum absolute atomic E-state index is 0.353. The first kappa shape index (κ1) is 9.34. The molecule has 0 aromatic heterocycles. The number of hydrogen-bond donors (Lipinski definition) is 1. The van der Waals surface area contributed by atoms with E-state index in [0.717, 1.165) is 38.5 Å². The van der Waals surface area contributed by atoms with Gasteiger partial charge in [0.15, 0.2) is 0 Å². The molecule has 0 unspecified atom stereocenters. The lowest BCUT2D eigenvalue weighted by molar-refractivity contribution is 0.0331. The molecule has 0 radical (unpaired) electrons. The van der Waals surface area contributed by atoms with Gasteiger partial charge < -0.3 is 5.11 Å². The number of alkyl halides is 1. The molecule has 0 atom stereocenters. The molecule has 0 bridgehead atoms. The highest BCUT2D eigenvalue weighted by Crippen LogP contribution is 2.27. The van der Waals surface area contributed by atoms with E-state index in [2.05, 4.69) is 0 Å². The van der Waals surface area contributed by atoms with Gasteiger partial charge in [-0.15, -0.1) is 11.6 Å². The highest BCUT2D eigenvalue weighted by Gasteiger charge is 2.22. The minimum atomic E-state index is -0.420. The van der Waals surface area contributed by atoms with Crippen LogP contribution in [0.2, 0.25) is 0 Å². The molecule has 0 heterocycles. The summed E-state index contributed by atoms with van der Waals surface area (Å²) in [6.45, 7) is 1.93. The van der Waals surface area contributed by atoms with Crippen molar-refractivity contribution in [2.24, 2.45) is 0 Å². The van der Waals surface area contributed by atoms with E-state index in [0.29, 0.717) is 5.38 Å². The molecule has 0 aromatic rings. The maximum Gasteiger partial charge on any atom is 0.0619 e. The summed E-state index contributed by atoms with van der Waals surface area (Å²) in [7, 11) is 0. The second-order valence-electron chi connectivity index (χ2n) is 3.88. The molecule has 1 saturated carbocycles. The molecule has 1 fully saturated rings. The number of rotatable bonds is 0. The van der Waals surface area contributed by atoms with E-state index in [9.17, 15) is 5.11 Å². The van der Waals surface area contributed by atoms with E-state index in [1.807, 2.05) is 6.92 Å². The van der Waals surface area contributed by atoms with Gasteiger partial charge in [-0.3, -0.25) is 0 Å². The van der Waals surface area contributed by atoms with Gasteiger partial charge in [-0.2, -0.15) is 0 Å². The zero-order chi connectivity index (χ0) is 8.32. The van der Waals surface area contributed by atoms with Gasteiger partial charge in [0.1, 0.15) is 0 Å². The van der Waals surface area contributed by atoms with E-state index in [4.69, 9.17) is 11.6 Å². The molecule has 66 valence electrons. The number of aliphatic hydroxyl groups is 1. The molecular weight excluding hydrogens is 160 g/mol. The normalized spacial score (nSPS) is 41.2. The van der Waals surface area contributed by atoms with Gasteiger partial charge in [-0.05, 0) is 45.4 Å². The third-order valence-corrected chi connectivity index (χ3v) is 2.90. The van der Waals surface area contributed by atoms with Crippen LogP contribution in [0.15, 0.2) is 0 Å². The Morgan fingerprint density at radius 3 is 2.18 bits per heavy atom. The summed E-state index contributed by atoms with van der Waals surface area (Å²) in [5.74, 6) is 0. The fourth-order valence-corrected chi connectivity index (χ4v) is 1.99. The molecule has 0 saturated heterocycles. The van der Waals surface area contributed by atoms with Crippen molar-refractivity contribution < 1.29 is 5.11 Å². The van der Waals surface area contributed by atoms with Crippen molar-refractivity contribution in [1.29, 1.82) is 0 Å². The molecule has 0 amide bonds. The molecule has 11 heavy (non-hydrogen) atoms. The average Bonchev–Trinajstić information content (AvgIpc) is 1.83. The van der Waals surface area contributed by atoms with Crippen LogP contribution in [0.5, 0.6) is 0 Å². The molecule has 0 aromatic carbocycles. The second kappa shape index (κ2) is 3.77. The molecule has 1 N–H and O–H groups in total. The topological polar surface area (TPSA) is 20.2 Å². The maximum atomic E-state index is 9.72. The molecule has 1 aliphatic rings. The first-order valence-electron chi connectivity index (χ1n) is 4.47. The van der Waals surface area contributed by atoms with Crippen molar-refractivity contribution in [2.45, 2.75) is 56.4 Å². The molecule has 0 aliphatic heterocycles. The van der Waals surface area contributed by atoms with Crippen LogP contribution in [0.3, 0.4) is 0 Å². The van der Waals surface area contributed by atoms with E-state index >= 15 is 0 Å². The Balaban J connectivity index is 2.35. The Labute approximate surface area is 73.8 Å². The third-order valence-electron chi connectivity index (χ3n) is 2.47. The zero-order valence-corrected chi connectivity index (χ0v) is 7.90. The van der Waals surface area contributed by atoms with Crippen LogP contribution in [0, 0.1) is 0 Å². The van der Waals surface area contributed by atoms with Crippen LogP contribution in [0.1, 0.15) is 45.4 Å². The highest BCUT2D eigenvalue weighted by atomic mass is 35.5. The van der Waals surface area contributed by atoms with Crippen molar-refractivity contribution in [3.63, 3.8) is 0 Å². The molecule has 1 rings (SSSR count). The van der Waals surface area contributed by atoms with Crippen molar-refractivity contribution in [1.82, 2.24) is 0 Å². The van der Waals surface area contributed by atoms with Gasteiger partial charge in [0.05, 0.1) is 5.60 Å². The summed E-state index contributed by atoms with van der Waals surface area (Å²) in [6.07, 6.45) is 6.10. The fourth-order valence-electron chi connectivity index (χ4n) is 1.68. The van der Waals surface area contributed by atoms with Crippen molar-refractivity contribution in [3.8, 4) is 0 Å². The van der Waals surface area contributed by atoms with Gasteiger partial charge in [0.25, 0.3) is 0 Å². The lowest BCUT2D eigenvalue weighted by Crippen LogP contribution is -2.26. The first-order valence-corrected chi connectivity index (χ1v) is 4.90. The molecular formula is C9H17ClO. The monoisotopic (exact) mass is 176 g/mol. The van der Waals surface area contributed by atoms with Gasteiger partial charge in [-0.25, -0.2) is 0 Å². The molecule has 2 heteroatoms. The van der Waals surface area contributed by atoms with Crippen molar-refractivity contribution >= 4 is 11.6 Å². The summed E-state index contributed by atoms with van der Waals surface area (Å²) in [5.41, 5.74) is -0.420. The van der Waals surface area contributed by atoms with Crippen LogP contribution in [0.4, 0.5) is 0 Å². The predicted octanol–water partition coefficient (Wildman–Crippen LogP) is 2.70. The predicted molar refractivity (Wildman–Crippen MR) is 48.0 cm³/mol. The van der Waals surface area contributed by atoms with Crippen LogP contribution in [0.25, 0.3) is 0 Å². The summed E-state index contributed by atoms with van der Waals surface area (Å²) in [5, 5.41) is 10.1. The molecule has 1 nitrogen and oxygen atoms in total. The van der Waals surface area contributed by atoms with Gasteiger partial charge in [0.2, 0.25) is 0 Å². The Kier molecular flexibility index (Phi) is 3.20. The van der Waals surface area contributed by atoms with E-state index in [1.165, 1.54) is 0 Å². The maximum absolute atomic E-state index is 9.72. The average molecular weight is 177 g/mol. The lowest BCUT2D eigenvalue weighted by Gasteiger charge is -2.26. The second-order valence-corrected chi connectivity index (χ2v) is 4.50. The van der Waals surface area contributed by atoms with E-state index < -0.39 is 5.60 Å². The van der Waals surface area contributed by atoms with E-state index in [1.54, 1.807) is 0 Å². The molecule has 0 spiro atoms. The SMILES string of the molecule is CC1(O)CCCC(Cl)CCC1. The summed E-state index contributed by atoms with van der Waals surface area (Å²) >= 11 is 6.01.